The van der Waals surface area contributed by atoms with Crippen molar-refractivity contribution in [2.45, 2.75) is 5.92 Å². The molecule has 3 rings (SSSR count). The molecule has 0 radical (unpaired) electrons. The number of anilines is 1. The molecule has 0 aromatic heterocycles. The summed E-state index contributed by atoms with van der Waals surface area (Å²) in [5.41, 5.74) is 6.07. The highest BCUT2D eigenvalue weighted by atomic mass is 19.1. The maximum atomic E-state index is 13.6. The van der Waals surface area contributed by atoms with Crippen molar-refractivity contribution in [3.63, 3.8) is 0 Å². The van der Waals surface area contributed by atoms with Gasteiger partial charge in [0.05, 0.1) is 24.8 Å². The topological polar surface area (TPSA) is 44.5 Å². The largest absolute Gasteiger partial charge is 0.493 e. The van der Waals surface area contributed by atoms with Gasteiger partial charge in [-0.15, -0.1) is 0 Å². The van der Waals surface area contributed by atoms with Gasteiger partial charge in [-0.1, -0.05) is 18.2 Å². The predicted octanol–water partition coefficient (Wildman–Crippen LogP) is 3.10. The number of hydrogen-bond acceptors (Lipinski definition) is 3. The Morgan fingerprint density at radius 3 is 2.85 bits per heavy atom. The minimum Gasteiger partial charge on any atom is -0.493 e. The molecular formula is C15H13F2NO2. The number of nitrogens with two attached hydrogens (primary N) is 1. The Labute approximate surface area is 114 Å². The zero-order valence-corrected chi connectivity index (χ0v) is 10.6. The summed E-state index contributed by atoms with van der Waals surface area (Å²) in [7, 11) is 0. The van der Waals surface area contributed by atoms with Gasteiger partial charge < -0.3 is 15.2 Å². The Hall–Kier alpha value is -2.30. The number of hydrogen-bond donors (Lipinski definition) is 1. The van der Waals surface area contributed by atoms with E-state index in [1.807, 2.05) is 24.3 Å². The average molecular weight is 277 g/mol. The van der Waals surface area contributed by atoms with E-state index in [9.17, 15) is 8.78 Å². The number of halogens is 2. The molecule has 0 amide bonds. The Morgan fingerprint density at radius 2 is 2.00 bits per heavy atom. The monoisotopic (exact) mass is 277 g/mol. The van der Waals surface area contributed by atoms with Gasteiger partial charge >= 0.3 is 0 Å². The van der Waals surface area contributed by atoms with Crippen molar-refractivity contribution in [2.24, 2.45) is 0 Å². The van der Waals surface area contributed by atoms with Crippen molar-refractivity contribution in [3.05, 3.63) is 53.6 Å². The van der Waals surface area contributed by atoms with E-state index in [0.29, 0.717) is 6.61 Å². The van der Waals surface area contributed by atoms with E-state index in [4.69, 9.17) is 15.2 Å². The Bertz CT molecular complexity index is 646. The molecule has 0 fully saturated rings. The lowest BCUT2D eigenvalue weighted by molar-refractivity contribution is 0.240. The Kier molecular flexibility index (Phi) is 3.18. The molecule has 1 aliphatic heterocycles. The maximum absolute atomic E-state index is 13.6. The number of para-hydroxylation sites is 1. The molecule has 1 unspecified atom stereocenters. The lowest BCUT2D eigenvalue weighted by Gasteiger charge is -2.12. The van der Waals surface area contributed by atoms with Crippen molar-refractivity contribution < 1.29 is 18.3 Å². The summed E-state index contributed by atoms with van der Waals surface area (Å²) in [6.07, 6.45) is 0. The third-order valence-electron chi connectivity index (χ3n) is 3.29. The summed E-state index contributed by atoms with van der Waals surface area (Å²) in [6, 6.07) is 9.49. The summed E-state index contributed by atoms with van der Waals surface area (Å²) >= 11 is 0. The average Bonchev–Trinajstić information content (AvgIpc) is 2.85. The fourth-order valence-corrected chi connectivity index (χ4v) is 2.21. The lowest BCUT2D eigenvalue weighted by atomic mass is 10.0. The van der Waals surface area contributed by atoms with Crippen molar-refractivity contribution >= 4 is 5.69 Å². The summed E-state index contributed by atoms with van der Waals surface area (Å²) in [5.74, 6) is -0.682. The van der Waals surface area contributed by atoms with Gasteiger partial charge in [0.2, 0.25) is 0 Å². The molecule has 0 aliphatic carbocycles. The van der Waals surface area contributed by atoms with Crippen molar-refractivity contribution in [3.8, 4) is 11.5 Å². The molecule has 1 heterocycles. The molecule has 2 N–H and O–H groups in total. The van der Waals surface area contributed by atoms with Gasteiger partial charge in [0, 0.05) is 17.7 Å². The molecule has 20 heavy (non-hydrogen) atoms. The van der Waals surface area contributed by atoms with E-state index in [0.717, 1.165) is 23.4 Å². The van der Waals surface area contributed by atoms with Gasteiger partial charge in [-0.05, 0) is 6.07 Å². The first kappa shape index (κ1) is 12.7. The molecule has 1 aliphatic rings. The highest BCUT2D eigenvalue weighted by molar-refractivity contribution is 5.45. The number of benzene rings is 2. The summed E-state index contributed by atoms with van der Waals surface area (Å²) in [6.45, 7) is 0.690. The van der Waals surface area contributed by atoms with Crippen molar-refractivity contribution in [2.75, 3.05) is 18.9 Å². The van der Waals surface area contributed by atoms with Gasteiger partial charge in [-0.2, -0.15) is 0 Å². The second-order valence-corrected chi connectivity index (χ2v) is 4.66. The van der Waals surface area contributed by atoms with Crippen LogP contribution in [-0.4, -0.2) is 13.2 Å². The fraction of sp³-hybridized carbons (Fsp3) is 0.200. The number of fused-ring (bicyclic) bond motifs is 1. The van der Waals surface area contributed by atoms with Crippen LogP contribution < -0.4 is 15.2 Å². The highest BCUT2D eigenvalue weighted by Gasteiger charge is 2.24. The molecule has 5 heteroatoms. The van der Waals surface area contributed by atoms with E-state index in [-0.39, 0.29) is 24.0 Å². The molecule has 0 saturated carbocycles. The third kappa shape index (κ3) is 2.27. The molecule has 2 aromatic rings. The van der Waals surface area contributed by atoms with Gasteiger partial charge in [0.15, 0.2) is 11.6 Å². The minimum atomic E-state index is -0.690. The first-order valence-corrected chi connectivity index (χ1v) is 6.24. The van der Waals surface area contributed by atoms with E-state index >= 15 is 0 Å². The van der Waals surface area contributed by atoms with Crippen LogP contribution in [0.15, 0.2) is 36.4 Å². The van der Waals surface area contributed by atoms with Crippen LogP contribution in [0.3, 0.4) is 0 Å². The van der Waals surface area contributed by atoms with Gasteiger partial charge in [-0.3, -0.25) is 0 Å². The maximum Gasteiger partial charge on any atom is 0.167 e. The van der Waals surface area contributed by atoms with Crippen molar-refractivity contribution in [1.82, 2.24) is 0 Å². The summed E-state index contributed by atoms with van der Waals surface area (Å²) in [5, 5.41) is 0. The molecule has 1 atom stereocenters. The Morgan fingerprint density at radius 1 is 1.20 bits per heavy atom. The van der Waals surface area contributed by atoms with E-state index in [1.165, 1.54) is 0 Å². The molecule has 3 nitrogen and oxygen atoms in total. The smallest absolute Gasteiger partial charge is 0.167 e. The molecule has 0 spiro atoms. The Balaban J connectivity index is 1.74. The van der Waals surface area contributed by atoms with Gasteiger partial charge in [0.25, 0.3) is 0 Å². The van der Waals surface area contributed by atoms with Crippen LogP contribution >= 0.6 is 0 Å². The van der Waals surface area contributed by atoms with Gasteiger partial charge in [-0.25, -0.2) is 8.78 Å². The fourth-order valence-electron chi connectivity index (χ4n) is 2.21. The number of nitrogen functional groups attached to an aromatic ring is 1. The zero-order valence-electron chi connectivity index (χ0n) is 10.6. The zero-order chi connectivity index (χ0) is 14.1. The van der Waals surface area contributed by atoms with Crippen LogP contribution in [-0.2, 0) is 0 Å². The lowest BCUT2D eigenvalue weighted by Crippen LogP contribution is -2.12. The second kappa shape index (κ2) is 5.00. The van der Waals surface area contributed by atoms with Crippen LogP contribution in [0.5, 0.6) is 11.5 Å². The molecule has 2 aromatic carbocycles. The van der Waals surface area contributed by atoms with Crippen LogP contribution in [0.2, 0.25) is 0 Å². The van der Waals surface area contributed by atoms with Crippen LogP contribution in [0.1, 0.15) is 11.5 Å². The van der Waals surface area contributed by atoms with Gasteiger partial charge in [0.1, 0.15) is 11.6 Å². The SMILES string of the molecule is Nc1cc(F)c(OCC2COc3ccccc32)cc1F. The molecule has 0 bridgehead atoms. The standard InChI is InChI=1S/C15H13F2NO2/c16-11-6-15(12(17)5-13(11)18)20-8-9-7-19-14-4-2-1-3-10(9)14/h1-6,9H,7-8,18H2. The normalized spacial score (nSPS) is 16.6. The summed E-state index contributed by atoms with van der Waals surface area (Å²) in [4.78, 5) is 0. The summed E-state index contributed by atoms with van der Waals surface area (Å²) < 4.78 is 37.8. The third-order valence-corrected chi connectivity index (χ3v) is 3.29. The van der Waals surface area contributed by atoms with Crippen LogP contribution in [0, 0.1) is 11.6 Å². The van der Waals surface area contributed by atoms with Crippen molar-refractivity contribution in [1.29, 1.82) is 0 Å². The molecular weight excluding hydrogens is 264 g/mol. The minimum absolute atomic E-state index is 0.00575. The number of rotatable bonds is 3. The first-order valence-electron chi connectivity index (χ1n) is 6.24. The first-order chi connectivity index (χ1) is 9.65. The van der Waals surface area contributed by atoms with Crippen LogP contribution in [0.4, 0.5) is 14.5 Å². The number of ether oxygens (including phenoxy) is 2. The second-order valence-electron chi connectivity index (χ2n) is 4.66. The van der Waals surface area contributed by atoms with E-state index < -0.39 is 11.6 Å². The van der Waals surface area contributed by atoms with E-state index in [2.05, 4.69) is 0 Å². The predicted molar refractivity (Wildman–Crippen MR) is 70.9 cm³/mol. The van der Waals surface area contributed by atoms with E-state index in [1.54, 1.807) is 0 Å². The molecule has 0 saturated heterocycles. The highest BCUT2D eigenvalue weighted by Crippen LogP contribution is 2.34. The van der Waals surface area contributed by atoms with Crippen LogP contribution in [0.25, 0.3) is 0 Å². The quantitative estimate of drug-likeness (QED) is 0.877. The molecule has 104 valence electrons.